The van der Waals surface area contributed by atoms with Crippen molar-refractivity contribution in [1.29, 1.82) is 0 Å². The Bertz CT molecular complexity index is 593. The van der Waals surface area contributed by atoms with Crippen molar-refractivity contribution < 1.29 is 8.42 Å². The average molecular weight is 284 g/mol. The summed E-state index contributed by atoms with van der Waals surface area (Å²) in [6, 6.07) is 2.88. The molecule has 2 heterocycles. The summed E-state index contributed by atoms with van der Waals surface area (Å²) < 4.78 is 26.2. The Labute approximate surface area is 109 Å². The number of hydrogen-bond acceptors (Lipinski definition) is 6. The number of sulfonamides is 1. The monoisotopic (exact) mass is 284 g/mol. The summed E-state index contributed by atoms with van der Waals surface area (Å²) in [6.07, 6.45) is 1.80. The Morgan fingerprint density at radius 2 is 2.17 bits per heavy atom. The maximum atomic E-state index is 11.9. The number of nitrogen functional groups attached to an aromatic ring is 1. The molecule has 96 valence electrons. The van der Waals surface area contributed by atoms with Crippen molar-refractivity contribution >= 4 is 27.2 Å². The molecule has 0 aliphatic heterocycles. The van der Waals surface area contributed by atoms with Gasteiger partial charge < -0.3 is 5.73 Å². The Morgan fingerprint density at radius 3 is 2.78 bits per heavy atom. The van der Waals surface area contributed by atoms with E-state index in [4.69, 9.17) is 5.73 Å². The van der Waals surface area contributed by atoms with Crippen molar-refractivity contribution in [3.05, 3.63) is 34.9 Å². The number of hydrogen-bond donors (Lipinski definition) is 2. The number of anilines is 1. The predicted molar refractivity (Wildman–Crippen MR) is 69.7 cm³/mol. The molecule has 0 saturated carbocycles. The highest BCUT2D eigenvalue weighted by Gasteiger charge is 2.13. The lowest BCUT2D eigenvalue weighted by molar-refractivity contribution is 0.581. The minimum atomic E-state index is -3.52. The first-order valence-electron chi connectivity index (χ1n) is 5.16. The molecule has 0 aromatic carbocycles. The second-order valence-corrected chi connectivity index (χ2v) is 6.03. The van der Waals surface area contributed by atoms with Gasteiger partial charge in [-0.25, -0.2) is 23.1 Å². The van der Waals surface area contributed by atoms with Crippen LogP contribution >= 0.6 is 11.3 Å². The average Bonchev–Trinajstić information content (AvgIpc) is 2.82. The van der Waals surface area contributed by atoms with Crippen LogP contribution in [0.3, 0.4) is 0 Å². The van der Waals surface area contributed by atoms with E-state index in [-0.39, 0.29) is 10.7 Å². The lowest BCUT2D eigenvalue weighted by Crippen LogP contribution is -2.26. The van der Waals surface area contributed by atoms with Gasteiger partial charge in [-0.15, -0.1) is 11.3 Å². The van der Waals surface area contributed by atoms with Crippen LogP contribution in [0.5, 0.6) is 0 Å². The van der Waals surface area contributed by atoms with E-state index in [1.165, 1.54) is 29.7 Å². The fourth-order valence-electron chi connectivity index (χ4n) is 1.31. The van der Waals surface area contributed by atoms with Crippen molar-refractivity contribution in [2.75, 3.05) is 12.3 Å². The summed E-state index contributed by atoms with van der Waals surface area (Å²) in [6.45, 7) is 0.302. The molecule has 6 nitrogen and oxygen atoms in total. The zero-order valence-corrected chi connectivity index (χ0v) is 11.0. The van der Waals surface area contributed by atoms with E-state index >= 15 is 0 Å². The van der Waals surface area contributed by atoms with Gasteiger partial charge in [0.2, 0.25) is 10.0 Å². The van der Waals surface area contributed by atoms with Crippen LogP contribution in [0.2, 0.25) is 0 Å². The van der Waals surface area contributed by atoms with Gasteiger partial charge in [0.25, 0.3) is 0 Å². The van der Waals surface area contributed by atoms with E-state index in [9.17, 15) is 8.42 Å². The van der Waals surface area contributed by atoms with Crippen LogP contribution in [0.15, 0.2) is 34.1 Å². The van der Waals surface area contributed by atoms with E-state index < -0.39 is 10.0 Å². The maximum Gasteiger partial charge on any atom is 0.242 e. The largest absolute Gasteiger partial charge is 0.384 e. The fraction of sp³-hybridized carbons (Fsp3) is 0.200. The Hall–Kier alpha value is -1.51. The summed E-state index contributed by atoms with van der Waals surface area (Å²) in [5.41, 5.74) is 7.99. The molecule has 0 aliphatic rings. The molecule has 0 radical (unpaired) electrons. The zero-order valence-electron chi connectivity index (χ0n) is 9.41. The number of nitrogens with zero attached hydrogens (tertiary/aromatic N) is 2. The standard InChI is InChI=1S/C10H12N4O2S2/c11-10-2-1-9(5-12-10)18(15,16)14-4-3-8-6-17-7-13-8/h1-2,5-7,14H,3-4H2,(H2,11,12). The van der Waals surface area contributed by atoms with Gasteiger partial charge in [-0.1, -0.05) is 0 Å². The molecule has 18 heavy (non-hydrogen) atoms. The molecule has 8 heteroatoms. The molecule has 2 rings (SSSR count). The second kappa shape index (κ2) is 5.42. The molecule has 2 aromatic heterocycles. The highest BCUT2D eigenvalue weighted by Crippen LogP contribution is 2.08. The molecule has 0 aliphatic carbocycles. The number of aromatic nitrogens is 2. The van der Waals surface area contributed by atoms with Gasteiger partial charge in [0, 0.05) is 24.5 Å². The van der Waals surface area contributed by atoms with Gasteiger partial charge in [-0.3, -0.25) is 0 Å². The second-order valence-electron chi connectivity index (χ2n) is 3.55. The first kappa shape index (κ1) is 12.9. The number of pyridine rings is 1. The molecule has 0 atom stereocenters. The molecule has 0 bridgehead atoms. The van der Waals surface area contributed by atoms with Gasteiger partial charge in [-0.2, -0.15) is 0 Å². The van der Waals surface area contributed by atoms with Crippen LogP contribution in [0, 0.1) is 0 Å². The third-order valence-electron chi connectivity index (χ3n) is 2.23. The Kier molecular flexibility index (Phi) is 3.90. The van der Waals surface area contributed by atoms with Crippen molar-refractivity contribution in [2.24, 2.45) is 0 Å². The van der Waals surface area contributed by atoms with Crippen molar-refractivity contribution in [3.8, 4) is 0 Å². The number of nitrogens with one attached hydrogen (secondary N) is 1. The highest BCUT2D eigenvalue weighted by atomic mass is 32.2. The maximum absolute atomic E-state index is 11.9. The zero-order chi connectivity index (χ0) is 13.0. The molecule has 2 aromatic rings. The molecule has 0 amide bonds. The third kappa shape index (κ3) is 3.25. The van der Waals surface area contributed by atoms with Crippen molar-refractivity contribution in [2.45, 2.75) is 11.3 Å². The molecule has 0 unspecified atom stereocenters. The van der Waals surface area contributed by atoms with Crippen LogP contribution in [0.25, 0.3) is 0 Å². The fourth-order valence-corrected chi connectivity index (χ4v) is 2.88. The van der Waals surface area contributed by atoms with Gasteiger partial charge in [0.15, 0.2) is 0 Å². The molecular formula is C10H12N4O2S2. The first-order valence-corrected chi connectivity index (χ1v) is 7.59. The number of nitrogens with two attached hydrogens (primary N) is 1. The van der Waals surface area contributed by atoms with E-state index in [0.717, 1.165) is 5.69 Å². The van der Waals surface area contributed by atoms with Crippen molar-refractivity contribution in [1.82, 2.24) is 14.7 Å². The van der Waals surface area contributed by atoms with Crippen LogP contribution in [0.1, 0.15) is 5.69 Å². The third-order valence-corrected chi connectivity index (χ3v) is 4.31. The van der Waals surface area contributed by atoms with Gasteiger partial charge in [0.1, 0.15) is 10.7 Å². The lowest BCUT2D eigenvalue weighted by atomic mass is 10.3. The van der Waals surface area contributed by atoms with Crippen LogP contribution in [-0.4, -0.2) is 24.9 Å². The summed E-state index contributed by atoms with van der Waals surface area (Å²) in [5.74, 6) is 0.288. The topological polar surface area (TPSA) is 98.0 Å². The summed E-state index contributed by atoms with van der Waals surface area (Å²) in [5, 5.41) is 1.89. The quantitative estimate of drug-likeness (QED) is 0.839. The van der Waals surface area contributed by atoms with E-state index in [1.807, 2.05) is 5.38 Å². The lowest BCUT2D eigenvalue weighted by Gasteiger charge is -2.05. The van der Waals surface area contributed by atoms with Crippen LogP contribution < -0.4 is 10.5 Å². The van der Waals surface area contributed by atoms with E-state index in [1.54, 1.807) is 5.51 Å². The summed E-state index contributed by atoms with van der Waals surface area (Å²) >= 11 is 1.48. The minimum Gasteiger partial charge on any atom is -0.384 e. The molecule has 3 N–H and O–H groups in total. The Morgan fingerprint density at radius 1 is 1.33 bits per heavy atom. The van der Waals surface area contributed by atoms with Crippen molar-refractivity contribution in [3.63, 3.8) is 0 Å². The summed E-state index contributed by atoms with van der Waals surface area (Å²) in [4.78, 5) is 7.93. The molecule has 0 spiro atoms. The minimum absolute atomic E-state index is 0.106. The smallest absolute Gasteiger partial charge is 0.242 e. The van der Waals surface area contributed by atoms with E-state index in [2.05, 4.69) is 14.7 Å². The van der Waals surface area contributed by atoms with Gasteiger partial charge in [0.05, 0.1) is 11.2 Å². The number of rotatable bonds is 5. The predicted octanol–water partition coefficient (Wildman–Crippen LogP) is 0.641. The SMILES string of the molecule is Nc1ccc(S(=O)(=O)NCCc2cscn2)cn1. The van der Waals surface area contributed by atoms with Gasteiger partial charge >= 0.3 is 0 Å². The van der Waals surface area contributed by atoms with Gasteiger partial charge in [-0.05, 0) is 12.1 Å². The molecule has 0 saturated heterocycles. The normalized spacial score (nSPS) is 11.6. The first-order chi connectivity index (χ1) is 8.58. The van der Waals surface area contributed by atoms with Crippen LogP contribution in [0.4, 0.5) is 5.82 Å². The molecule has 0 fully saturated rings. The highest BCUT2D eigenvalue weighted by molar-refractivity contribution is 7.89. The summed E-state index contributed by atoms with van der Waals surface area (Å²) in [7, 11) is -3.52. The van der Waals surface area contributed by atoms with Crippen LogP contribution in [-0.2, 0) is 16.4 Å². The number of thiazole rings is 1. The molecular weight excluding hydrogens is 272 g/mol. The van der Waals surface area contributed by atoms with E-state index in [0.29, 0.717) is 13.0 Å². The Balaban J connectivity index is 1.97.